The summed E-state index contributed by atoms with van der Waals surface area (Å²) in [5.41, 5.74) is 1.28. The molecule has 1 aliphatic carbocycles. The Morgan fingerprint density at radius 2 is 1.74 bits per heavy atom. The second-order valence-electron chi connectivity index (χ2n) is 8.96. The minimum atomic E-state index is -2.49. The van der Waals surface area contributed by atoms with E-state index in [0.717, 1.165) is 36.5 Å². The van der Waals surface area contributed by atoms with Crippen LogP contribution in [0.5, 0.6) is 0 Å². The van der Waals surface area contributed by atoms with E-state index in [2.05, 4.69) is 5.32 Å². The summed E-state index contributed by atoms with van der Waals surface area (Å²) in [5.74, 6) is 0.0654. The lowest BCUT2D eigenvalue weighted by atomic mass is 9.88. The fourth-order valence-electron chi connectivity index (χ4n) is 5.08. The molecule has 1 heterocycles. The molecule has 0 radical (unpaired) electrons. The predicted octanol–water partition coefficient (Wildman–Crippen LogP) is 4.58. The third-order valence-corrected chi connectivity index (χ3v) is 7.67. The SMILES string of the molecule is CCOC(=O)N1CCC(N(c2ccc(NC(=O)C3CCCCC3)c3ccccc23)S(=O)[O-])CC1. The first-order valence-electron chi connectivity index (χ1n) is 12.1. The van der Waals surface area contributed by atoms with E-state index in [1.165, 1.54) is 10.7 Å². The van der Waals surface area contributed by atoms with Crippen LogP contribution < -0.4 is 9.62 Å². The number of likely N-dealkylation sites (tertiary alicyclic amines) is 1. The van der Waals surface area contributed by atoms with Gasteiger partial charge in [-0.25, -0.2) is 4.79 Å². The zero-order valence-corrected chi connectivity index (χ0v) is 20.4. The number of hydrogen-bond acceptors (Lipinski definition) is 5. The number of rotatable bonds is 6. The molecule has 4 rings (SSSR count). The van der Waals surface area contributed by atoms with Crippen LogP contribution >= 0.6 is 0 Å². The van der Waals surface area contributed by atoms with Gasteiger partial charge in [-0.05, 0) is 44.7 Å². The molecule has 0 spiro atoms. The van der Waals surface area contributed by atoms with E-state index in [-0.39, 0.29) is 24.0 Å². The minimum Gasteiger partial charge on any atom is -0.755 e. The molecule has 184 valence electrons. The first-order chi connectivity index (χ1) is 16.5. The molecule has 0 aromatic heterocycles. The third kappa shape index (κ3) is 5.36. The molecule has 2 fully saturated rings. The number of nitrogens with one attached hydrogen (secondary N) is 1. The number of ether oxygens (including phenoxy) is 1. The van der Waals surface area contributed by atoms with Crippen LogP contribution in [0.3, 0.4) is 0 Å². The van der Waals surface area contributed by atoms with E-state index in [1.807, 2.05) is 24.3 Å². The molecular weight excluding hydrogens is 454 g/mol. The van der Waals surface area contributed by atoms with E-state index in [4.69, 9.17) is 4.74 Å². The van der Waals surface area contributed by atoms with Gasteiger partial charge in [0.1, 0.15) is 0 Å². The van der Waals surface area contributed by atoms with Gasteiger partial charge in [-0.15, -0.1) is 0 Å². The molecule has 9 heteroatoms. The lowest BCUT2D eigenvalue weighted by molar-refractivity contribution is -0.120. The number of carbonyl (C=O) groups excluding carboxylic acids is 2. The number of benzene rings is 2. The first-order valence-corrected chi connectivity index (χ1v) is 13.2. The van der Waals surface area contributed by atoms with Gasteiger partial charge in [0.05, 0.1) is 12.3 Å². The average Bonchev–Trinajstić information content (AvgIpc) is 2.86. The Bertz CT molecular complexity index is 1050. The first kappa shape index (κ1) is 24.5. The fourth-order valence-corrected chi connectivity index (χ4v) is 5.85. The van der Waals surface area contributed by atoms with Gasteiger partial charge >= 0.3 is 6.09 Å². The van der Waals surface area contributed by atoms with Gasteiger partial charge < -0.3 is 19.5 Å². The van der Waals surface area contributed by atoms with Crippen molar-refractivity contribution < 1.29 is 23.1 Å². The van der Waals surface area contributed by atoms with Crippen LogP contribution in [0.2, 0.25) is 0 Å². The smallest absolute Gasteiger partial charge is 0.409 e. The largest absolute Gasteiger partial charge is 0.755 e. The molecule has 1 saturated heterocycles. The zero-order valence-electron chi connectivity index (χ0n) is 19.5. The molecule has 1 unspecified atom stereocenters. The highest BCUT2D eigenvalue weighted by atomic mass is 32.2. The maximum Gasteiger partial charge on any atom is 0.409 e. The van der Waals surface area contributed by atoms with Crippen molar-refractivity contribution in [2.24, 2.45) is 5.92 Å². The minimum absolute atomic E-state index is 0.0300. The number of amides is 2. The van der Waals surface area contributed by atoms with Crippen LogP contribution in [-0.4, -0.2) is 51.4 Å². The summed E-state index contributed by atoms with van der Waals surface area (Å²) in [7, 11) is 0. The molecule has 8 nitrogen and oxygen atoms in total. The molecule has 1 atom stereocenters. The van der Waals surface area contributed by atoms with Gasteiger partial charge in [0.25, 0.3) is 0 Å². The van der Waals surface area contributed by atoms with Gasteiger partial charge in [0, 0.05) is 52.8 Å². The van der Waals surface area contributed by atoms with Crippen LogP contribution in [0.15, 0.2) is 36.4 Å². The second kappa shape index (κ2) is 11.2. The average molecular weight is 487 g/mol. The molecular formula is C25H32N3O5S-. The lowest BCUT2D eigenvalue weighted by Crippen LogP contribution is -2.47. The molecule has 34 heavy (non-hydrogen) atoms. The number of nitrogens with zero attached hydrogens (tertiary/aromatic N) is 2. The Morgan fingerprint density at radius 3 is 2.38 bits per heavy atom. The van der Waals surface area contributed by atoms with Crippen molar-refractivity contribution in [1.82, 2.24) is 4.90 Å². The van der Waals surface area contributed by atoms with E-state index < -0.39 is 11.3 Å². The molecule has 2 aromatic carbocycles. The summed E-state index contributed by atoms with van der Waals surface area (Å²) >= 11 is -2.49. The summed E-state index contributed by atoms with van der Waals surface area (Å²) in [4.78, 5) is 26.5. The highest BCUT2D eigenvalue weighted by Crippen LogP contribution is 2.36. The quantitative estimate of drug-likeness (QED) is 0.602. The summed E-state index contributed by atoms with van der Waals surface area (Å²) in [5, 5.41) is 4.66. The summed E-state index contributed by atoms with van der Waals surface area (Å²) in [6.45, 7) is 2.94. The van der Waals surface area contributed by atoms with Crippen LogP contribution in [-0.2, 0) is 20.8 Å². The lowest BCUT2D eigenvalue weighted by Gasteiger charge is -2.40. The topological polar surface area (TPSA) is 102 Å². The Kier molecular flexibility index (Phi) is 8.05. The van der Waals surface area contributed by atoms with Crippen LogP contribution in [0.4, 0.5) is 16.2 Å². The van der Waals surface area contributed by atoms with Crippen molar-refractivity contribution in [2.75, 3.05) is 29.3 Å². The highest BCUT2D eigenvalue weighted by molar-refractivity contribution is 7.80. The van der Waals surface area contributed by atoms with Gasteiger partial charge in [-0.2, -0.15) is 0 Å². The third-order valence-electron chi connectivity index (χ3n) is 6.86. The molecule has 2 amide bonds. The highest BCUT2D eigenvalue weighted by Gasteiger charge is 2.30. The number of piperidine rings is 1. The van der Waals surface area contributed by atoms with Gasteiger partial charge in [-0.1, -0.05) is 43.5 Å². The van der Waals surface area contributed by atoms with Crippen LogP contribution in [0.25, 0.3) is 10.8 Å². The van der Waals surface area contributed by atoms with Crippen molar-refractivity contribution in [1.29, 1.82) is 0 Å². The summed E-state index contributed by atoms with van der Waals surface area (Å²) in [6.07, 6.45) is 5.84. The maximum absolute atomic E-state index is 12.9. The number of carbonyl (C=O) groups is 2. The Labute approximate surface area is 203 Å². The molecule has 2 aromatic rings. The van der Waals surface area contributed by atoms with Crippen LogP contribution in [0, 0.1) is 5.92 Å². The van der Waals surface area contributed by atoms with Crippen molar-refractivity contribution in [3.63, 3.8) is 0 Å². The van der Waals surface area contributed by atoms with Crippen molar-refractivity contribution >= 4 is 45.4 Å². The Morgan fingerprint density at radius 1 is 1.06 bits per heavy atom. The summed E-state index contributed by atoms with van der Waals surface area (Å²) < 4.78 is 31.2. The summed E-state index contributed by atoms with van der Waals surface area (Å²) in [6, 6.07) is 10.8. The van der Waals surface area contributed by atoms with Crippen molar-refractivity contribution in [3.8, 4) is 0 Å². The normalized spacial score (nSPS) is 18.5. The van der Waals surface area contributed by atoms with Gasteiger partial charge in [0.15, 0.2) is 0 Å². The second-order valence-corrected chi connectivity index (χ2v) is 9.79. The monoisotopic (exact) mass is 486 g/mol. The molecule has 0 bridgehead atoms. The molecule has 1 saturated carbocycles. The Hall–Kier alpha value is -2.65. The number of hydrogen-bond donors (Lipinski definition) is 1. The number of anilines is 2. The molecule has 2 aliphatic rings. The van der Waals surface area contributed by atoms with E-state index in [9.17, 15) is 18.4 Å². The zero-order chi connectivity index (χ0) is 24.1. The maximum atomic E-state index is 12.9. The predicted molar refractivity (Wildman–Crippen MR) is 132 cm³/mol. The van der Waals surface area contributed by atoms with Crippen molar-refractivity contribution in [3.05, 3.63) is 36.4 Å². The van der Waals surface area contributed by atoms with Gasteiger partial charge in [0.2, 0.25) is 5.91 Å². The molecule has 1 aliphatic heterocycles. The molecule has 1 N–H and O–H groups in total. The van der Waals surface area contributed by atoms with Crippen LogP contribution in [0.1, 0.15) is 51.9 Å². The standard InChI is InChI=1S/C25H33N3O5S/c1-2-33-25(30)27-16-14-19(15-17-27)28(34(31)32)23-13-12-22(20-10-6-7-11-21(20)23)26-24(29)18-8-4-3-5-9-18/h6-7,10-13,18-19H,2-5,8-9,14-17H2,1H3,(H,26,29)(H,31,32)/p-1. The van der Waals surface area contributed by atoms with E-state index in [0.29, 0.717) is 43.9 Å². The fraction of sp³-hybridized carbons (Fsp3) is 0.520. The van der Waals surface area contributed by atoms with Gasteiger partial charge in [-0.3, -0.25) is 13.3 Å². The number of fused-ring (bicyclic) bond motifs is 1. The van der Waals surface area contributed by atoms with E-state index >= 15 is 0 Å². The van der Waals surface area contributed by atoms with Crippen molar-refractivity contribution in [2.45, 2.75) is 57.9 Å². The van der Waals surface area contributed by atoms with E-state index in [1.54, 1.807) is 24.0 Å². The Balaban J connectivity index is 1.58.